The normalized spacial score (nSPS) is 28.5. The zero-order chi connectivity index (χ0) is 13.9. The maximum atomic E-state index is 4.22. The van der Waals surface area contributed by atoms with Gasteiger partial charge in [-0.05, 0) is 43.1 Å². The first kappa shape index (κ1) is 15.0. The molecule has 1 aromatic heterocycles. The van der Waals surface area contributed by atoms with Gasteiger partial charge in [-0.15, -0.1) is 11.3 Å². The Bertz CT molecular complexity index is 372. The van der Waals surface area contributed by atoms with Crippen LogP contribution < -0.4 is 5.32 Å². The highest BCUT2D eigenvalue weighted by atomic mass is 32.1. The van der Waals surface area contributed by atoms with Gasteiger partial charge in [-0.25, -0.2) is 0 Å². The second-order valence-electron chi connectivity index (χ2n) is 6.82. The number of thiazole rings is 1. The summed E-state index contributed by atoms with van der Waals surface area (Å²) >= 11 is 1.80. The van der Waals surface area contributed by atoms with Gasteiger partial charge in [0.15, 0.2) is 0 Å². The van der Waals surface area contributed by atoms with Crippen LogP contribution in [0.3, 0.4) is 0 Å². The highest BCUT2D eigenvalue weighted by molar-refractivity contribution is 7.09. The smallest absolute Gasteiger partial charge is 0.0794 e. The van der Waals surface area contributed by atoms with Crippen molar-refractivity contribution in [3.63, 3.8) is 0 Å². The molecule has 3 unspecified atom stereocenters. The Kier molecular flexibility index (Phi) is 5.02. The number of rotatable bonds is 5. The Hall–Kier alpha value is -0.410. The topological polar surface area (TPSA) is 24.9 Å². The Labute approximate surface area is 122 Å². The summed E-state index contributed by atoms with van der Waals surface area (Å²) in [5.74, 6) is 1.66. The van der Waals surface area contributed by atoms with Crippen molar-refractivity contribution in [1.29, 1.82) is 0 Å². The van der Waals surface area contributed by atoms with Crippen molar-refractivity contribution in [2.45, 2.75) is 59.4 Å². The molecular formula is C16H28N2S. The lowest BCUT2D eigenvalue weighted by atomic mass is 9.65. The van der Waals surface area contributed by atoms with E-state index < -0.39 is 0 Å². The summed E-state index contributed by atoms with van der Waals surface area (Å²) in [6, 6.07) is 0.691. The lowest BCUT2D eigenvalue weighted by Gasteiger charge is -2.44. The standard InChI is InChI=1S/C16H28N2S/c1-5-18-15-8-12(2)6-7-14(15)16(3,4)9-13-10-17-11-19-13/h10-12,14-15,18H,5-9H2,1-4H3. The van der Waals surface area contributed by atoms with Gasteiger partial charge in [0.1, 0.15) is 0 Å². The maximum absolute atomic E-state index is 4.22. The van der Waals surface area contributed by atoms with Gasteiger partial charge in [-0.1, -0.05) is 34.1 Å². The maximum Gasteiger partial charge on any atom is 0.0794 e. The molecule has 1 aromatic rings. The van der Waals surface area contributed by atoms with Crippen molar-refractivity contribution in [2.75, 3.05) is 6.54 Å². The Morgan fingerprint density at radius 2 is 2.21 bits per heavy atom. The van der Waals surface area contributed by atoms with Gasteiger partial charge in [-0.3, -0.25) is 4.98 Å². The minimum atomic E-state index is 0.361. The van der Waals surface area contributed by atoms with E-state index in [9.17, 15) is 0 Å². The molecule has 1 fully saturated rings. The predicted octanol–water partition coefficient (Wildman–Crippen LogP) is 4.13. The van der Waals surface area contributed by atoms with E-state index in [1.807, 2.05) is 11.7 Å². The van der Waals surface area contributed by atoms with E-state index in [0.717, 1.165) is 18.4 Å². The summed E-state index contributed by atoms with van der Waals surface area (Å²) in [7, 11) is 0. The zero-order valence-electron chi connectivity index (χ0n) is 12.8. The first-order valence-corrected chi connectivity index (χ1v) is 8.51. The SMILES string of the molecule is CCNC1CC(C)CCC1C(C)(C)Cc1cncs1. The molecule has 0 radical (unpaired) electrons. The lowest BCUT2D eigenvalue weighted by molar-refractivity contribution is 0.0956. The molecule has 1 N–H and O–H groups in total. The molecule has 3 atom stereocenters. The largest absolute Gasteiger partial charge is 0.314 e. The highest BCUT2D eigenvalue weighted by Crippen LogP contribution is 2.42. The van der Waals surface area contributed by atoms with Crippen molar-refractivity contribution in [3.05, 3.63) is 16.6 Å². The van der Waals surface area contributed by atoms with Crippen molar-refractivity contribution in [1.82, 2.24) is 10.3 Å². The van der Waals surface area contributed by atoms with Crippen LogP contribution in [-0.2, 0) is 6.42 Å². The molecule has 0 spiro atoms. The minimum absolute atomic E-state index is 0.361. The molecule has 3 heteroatoms. The van der Waals surface area contributed by atoms with E-state index in [1.54, 1.807) is 11.3 Å². The molecular weight excluding hydrogens is 252 g/mol. The van der Waals surface area contributed by atoms with Gasteiger partial charge >= 0.3 is 0 Å². The molecule has 19 heavy (non-hydrogen) atoms. The van der Waals surface area contributed by atoms with Crippen LogP contribution in [0.2, 0.25) is 0 Å². The van der Waals surface area contributed by atoms with Crippen molar-refractivity contribution >= 4 is 11.3 Å². The fourth-order valence-electron chi connectivity index (χ4n) is 3.71. The highest BCUT2D eigenvalue weighted by Gasteiger charge is 2.38. The molecule has 0 saturated heterocycles. The molecule has 0 bridgehead atoms. The van der Waals surface area contributed by atoms with Crippen LogP contribution in [0, 0.1) is 17.3 Å². The van der Waals surface area contributed by atoms with Gasteiger partial charge in [0.25, 0.3) is 0 Å². The first-order chi connectivity index (χ1) is 9.03. The van der Waals surface area contributed by atoms with Crippen molar-refractivity contribution in [2.24, 2.45) is 17.3 Å². The van der Waals surface area contributed by atoms with Crippen molar-refractivity contribution < 1.29 is 0 Å². The molecule has 0 aliphatic heterocycles. The van der Waals surface area contributed by atoms with Gasteiger partial charge in [0.2, 0.25) is 0 Å². The van der Waals surface area contributed by atoms with Crippen LogP contribution >= 0.6 is 11.3 Å². The Morgan fingerprint density at radius 3 is 2.84 bits per heavy atom. The fourth-order valence-corrected chi connectivity index (χ4v) is 4.55. The Balaban J connectivity index is 2.07. The summed E-state index contributed by atoms with van der Waals surface area (Å²) in [6.07, 6.45) is 7.30. The van der Waals surface area contributed by atoms with E-state index in [1.165, 1.54) is 30.6 Å². The lowest BCUT2D eigenvalue weighted by Crippen LogP contribution is -2.47. The second kappa shape index (κ2) is 6.36. The second-order valence-corrected chi connectivity index (χ2v) is 7.79. The van der Waals surface area contributed by atoms with E-state index in [4.69, 9.17) is 0 Å². The number of hydrogen-bond acceptors (Lipinski definition) is 3. The van der Waals surface area contributed by atoms with Crippen molar-refractivity contribution in [3.8, 4) is 0 Å². The number of hydrogen-bond donors (Lipinski definition) is 1. The summed E-state index contributed by atoms with van der Waals surface area (Å²) in [5, 5.41) is 3.74. The fraction of sp³-hybridized carbons (Fsp3) is 0.812. The van der Waals surface area contributed by atoms with Crippen LogP contribution in [0.1, 0.15) is 51.8 Å². The quantitative estimate of drug-likeness (QED) is 0.877. The van der Waals surface area contributed by atoms with Crippen LogP contribution in [0.25, 0.3) is 0 Å². The average molecular weight is 280 g/mol. The minimum Gasteiger partial charge on any atom is -0.314 e. The van der Waals surface area contributed by atoms with E-state index >= 15 is 0 Å². The van der Waals surface area contributed by atoms with Crippen LogP contribution in [0.4, 0.5) is 0 Å². The summed E-state index contributed by atoms with van der Waals surface area (Å²) in [4.78, 5) is 5.65. The number of nitrogens with one attached hydrogen (secondary N) is 1. The predicted molar refractivity (Wildman–Crippen MR) is 83.6 cm³/mol. The van der Waals surface area contributed by atoms with Gasteiger partial charge in [0, 0.05) is 17.1 Å². The van der Waals surface area contributed by atoms with Crippen LogP contribution in [0.15, 0.2) is 11.7 Å². The molecule has 2 nitrogen and oxygen atoms in total. The third kappa shape index (κ3) is 3.79. The molecule has 2 rings (SSSR count). The average Bonchev–Trinajstić information content (AvgIpc) is 2.81. The van der Waals surface area contributed by atoms with Gasteiger partial charge in [-0.2, -0.15) is 0 Å². The zero-order valence-corrected chi connectivity index (χ0v) is 13.6. The molecule has 0 aromatic carbocycles. The monoisotopic (exact) mass is 280 g/mol. The molecule has 1 saturated carbocycles. The van der Waals surface area contributed by atoms with Crippen LogP contribution in [0.5, 0.6) is 0 Å². The summed E-state index contributed by atoms with van der Waals surface area (Å²) < 4.78 is 0. The van der Waals surface area contributed by atoms with Gasteiger partial charge in [0.05, 0.1) is 5.51 Å². The van der Waals surface area contributed by atoms with Crippen LogP contribution in [-0.4, -0.2) is 17.6 Å². The van der Waals surface area contributed by atoms with E-state index in [0.29, 0.717) is 11.5 Å². The molecule has 1 heterocycles. The molecule has 1 aliphatic rings. The number of nitrogens with zero attached hydrogens (tertiary/aromatic N) is 1. The third-order valence-electron chi connectivity index (χ3n) is 4.70. The third-order valence-corrected chi connectivity index (χ3v) is 5.48. The molecule has 0 amide bonds. The molecule has 1 aliphatic carbocycles. The Morgan fingerprint density at radius 1 is 1.42 bits per heavy atom. The summed E-state index contributed by atoms with van der Waals surface area (Å²) in [6.45, 7) is 10.6. The van der Waals surface area contributed by atoms with Gasteiger partial charge < -0.3 is 5.32 Å². The summed E-state index contributed by atoms with van der Waals surface area (Å²) in [5.41, 5.74) is 2.32. The van der Waals surface area contributed by atoms with E-state index in [-0.39, 0.29) is 0 Å². The first-order valence-electron chi connectivity index (χ1n) is 7.63. The molecule has 108 valence electrons. The number of aromatic nitrogens is 1. The van der Waals surface area contributed by atoms with E-state index in [2.05, 4.69) is 38.0 Å².